The first-order chi connectivity index (χ1) is 20.0. The van der Waals surface area contributed by atoms with E-state index in [-0.39, 0.29) is 29.1 Å². The number of nitrogens with one attached hydrogen (secondary N) is 1. The van der Waals surface area contributed by atoms with Crippen molar-refractivity contribution in [3.05, 3.63) is 94.3 Å². The molecule has 224 valence electrons. The molecular formula is C32H37ClFN3O4S. The first-order valence-electron chi connectivity index (χ1n) is 14.2. The summed E-state index contributed by atoms with van der Waals surface area (Å²) in [5.74, 6) is -1.27. The largest absolute Gasteiger partial charge is 0.352 e. The van der Waals surface area contributed by atoms with E-state index in [4.69, 9.17) is 11.6 Å². The number of anilines is 1. The minimum atomic E-state index is -4.21. The van der Waals surface area contributed by atoms with Crippen LogP contribution >= 0.6 is 11.6 Å². The van der Waals surface area contributed by atoms with E-state index in [1.807, 2.05) is 13.8 Å². The van der Waals surface area contributed by atoms with Gasteiger partial charge < -0.3 is 10.2 Å². The smallest absolute Gasteiger partial charge is 0.264 e. The van der Waals surface area contributed by atoms with Crippen molar-refractivity contribution in [2.45, 2.75) is 76.4 Å². The van der Waals surface area contributed by atoms with Crippen LogP contribution in [0.5, 0.6) is 0 Å². The predicted octanol–water partition coefficient (Wildman–Crippen LogP) is 6.16. The lowest BCUT2D eigenvalue weighted by atomic mass is 10.1. The van der Waals surface area contributed by atoms with E-state index in [9.17, 15) is 22.4 Å². The van der Waals surface area contributed by atoms with Crippen LogP contribution in [0.2, 0.25) is 5.02 Å². The SMILES string of the molecule is CC[C@@H](C(=O)NC1CCCC1)N(Cc1ccc(F)cc1)C(=O)CN(c1cccc(Cl)c1C)S(=O)(=O)c1ccc(C)cc1. The molecule has 1 saturated carbocycles. The first-order valence-corrected chi connectivity index (χ1v) is 16.0. The predicted molar refractivity (Wildman–Crippen MR) is 163 cm³/mol. The number of benzene rings is 3. The van der Waals surface area contributed by atoms with Gasteiger partial charge in [0.15, 0.2) is 0 Å². The second-order valence-corrected chi connectivity index (χ2v) is 13.0. The fourth-order valence-electron chi connectivity index (χ4n) is 5.29. The number of hydrogen-bond acceptors (Lipinski definition) is 4. The molecule has 3 aromatic carbocycles. The molecule has 1 atom stereocenters. The fourth-order valence-corrected chi connectivity index (χ4v) is 6.93. The van der Waals surface area contributed by atoms with Gasteiger partial charge >= 0.3 is 0 Å². The molecule has 0 aliphatic heterocycles. The molecule has 2 amide bonds. The number of carbonyl (C=O) groups excluding carboxylic acids is 2. The average molecular weight is 614 g/mol. The van der Waals surface area contributed by atoms with Gasteiger partial charge in [-0.2, -0.15) is 0 Å². The molecule has 0 saturated heterocycles. The maximum Gasteiger partial charge on any atom is 0.264 e. The molecule has 10 heteroatoms. The van der Waals surface area contributed by atoms with Gasteiger partial charge in [-0.1, -0.05) is 67.3 Å². The number of nitrogens with zero attached hydrogens (tertiary/aromatic N) is 2. The zero-order valence-corrected chi connectivity index (χ0v) is 25.7. The Morgan fingerprint density at radius 3 is 2.26 bits per heavy atom. The van der Waals surface area contributed by atoms with Crippen molar-refractivity contribution in [1.82, 2.24) is 10.2 Å². The molecule has 42 heavy (non-hydrogen) atoms. The Bertz CT molecular complexity index is 1510. The van der Waals surface area contributed by atoms with Gasteiger partial charge in [0, 0.05) is 17.6 Å². The highest BCUT2D eigenvalue weighted by molar-refractivity contribution is 7.92. The molecule has 1 aliphatic rings. The van der Waals surface area contributed by atoms with E-state index in [2.05, 4.69) is 5.32 Å². The van der Waals surface area contributed by atoms with E-state index >= 15 is 0 Å². The number of aryl methyl sites for hydroxylation is 1. The van der Waals surface area contributed by atoms with Gasteiger partial charge in [-0.25, -0.2) is 12.8 Å². The highest BCUT2D eigenvalue weighted by Crippen LogP contribution is 2.31. The third-order valence-corrected chi connectivity index (χ3v) is 9.93. The standard InChI is InChI=1S/C32H37ClFN3O4S/c1-4-29(32(39)35-26-8-5-6-9-26)36(20-24-14-16-25(34)17-15-24)31(38)21-37(30-11-7-10-28(33)23(30)3)42(40,41)27-18-12-22(2)13-19-27/h7,10-19,26,29H,4-6,8-9,20-21H2,1-3H3,(H,35,39)/t29-/m0/s1. The molecular weight excluding hydrogens is 577 g/mol. The summed E-state index contributed by atoms with van der Waals surface area (Å²) < 4.78 is 42.8. The van der Waals surface area contributed by atoms with Crippen LogP contribution in [0.15, 0.2) is 71.6 Å². The zero-order valence-electron chi connectivity index (χ0n) is 24.1. The maximum atomic E-state index is 14.2. The lowest BCUT2D eigenvalue weighted by Gasteiger charge is -2.34. The van der Waals surface area contributed by atoms with Crippen LogP contribution < -0.4 is 9.62 Å². The van der Waals surface area contributed by atoms with Crippen LogP contribution in [0.4, 0.5) is 10.1 Å². The van der Waals surface area contributed by atoms with Crippen LogP contribution in [0, 0.1) is 19.7 Å². The molecule has 1 fully saturated rings. The van der Waals surface area contributed by atoms with Gasteiger partial charge in [0.1, 0.15) is 18.4 Å². The second kappa shape index (κ2) is 13.7. The quantitative estimate of drug-likeness (QED) is 0.281. The summed E-state index contributed by atoms with van der Waals surface area (Å²) in [6, 6.07) is 16.2. The molecule has 0 bridgehead atoms. The Morgan fingerprint density at radius 2 is 1.64 bits per heavy atom. The number of hydrogen-bond donors (Lipinski definition) is 1. The van der Waals surface area contributed by atoms with E-state index in [0.29, 0.717) is 22.6 Å². The Balaban J connectivity index is 1.74. The van der Waals surface area contributed by atoms with Crippen LogP contribution in [-0.2, 0) is 26.2 Å². The van der Waals surface area contributed by atoms with Crippen LogP contribution in [0.3, 0.4) is 0 Å². The van der Waals surface area contributed by atoms with Crippen molar-refractivity contribution in [1.29, 1.82) is 0 Å². The van der Waals surface area contributed by atoms with Gasteiger partial charge in [-0.15, -0.1) is 0 Å². The molecule has 4 rings (SSSR count). The second-order valence-electron chi connectivity index (χ2n) is 10.8. The summed E-state index contributed by atoms with van der Waals surface area (Å²) in [6.07, 6.45) is 4.14. The Morgan fingerprint density at radius 1 is 1.00 bits per heavy atom. The molecule has 0 unspecified atom stereocenters. The lowest BCUT2D eigenvalue weighted by molar-refractivity contribution is -0.140. The average Bonchev–Trinajstić information content (AvgIpc) is 3.47. The molecule has 0 aromatic heterocycles. The summed E-state index contributed by atoms with van der Waals surface area (Å²) in [4.78, 5) is 29.1. The highest BCUT2D eigenvalue weighted by Gasteiger charge is 2.35. The number of amides is 2. The monoisotopic (exact) mass is 613 g/mol. The van der Waals surface area contributed by atoms with E-state index in [0.717, 1.165) is 35.6 Å². The van der Waals surface area contributed by atoms with Crippen molar-refractivity contribution >= 4 is 39.1 Å². The van der Waals surface area contributed by atoms with Crippen molar-refractivity contribution in [3.63, 3.8) is 0 Å². The number of carbonyl (C=O) groups is 2. The number of halogens is 2. The van der Waals surface area contributed by atoms with Crippen LogP contribution in [0.25, 0.3) is 0 Å². The van der Waals surface area contributed by atoms with Gasteiger partial charge in [0.25, 0.3) is 10.0 Å². The molecule has 0 radical (unpaired) electrons. The lowest BCUT2D eigenvalue weighted by Crippen LogP contribution is -2.53. The normalized spacial score (nSPS) is 14.4. The molecule has 0 spiro atoms. The van der Waals surface area contributed by atoms with Crippen molar-refractivity contribution < 1.29 is 22.4 Å². The van der Waals surface area contributed by atoms with Crippen molar-refractivity contribution in [2.24, 2.45) is 0 Å². The highest BCUT2D eigenvalue weighted by atomic mass is 35.5. The minimum absolute atomic E-state index is 0.00263. The molecule has 1 N–H and O–H groups in total. The summed E-state index contributed by atoms with van der Waals surface area (Å²) in [6.45, 7) is 4.80. The van der Waals surface area contributed by atoms with Gasteiger partial charge in [-0.05, 0) is 80.6 Å². The summed E-state index contributed by atoms with van der Waals surface area (Å²) in [5, 5.41) is 3.44. The van der Waals surface area contributed by atoms with Crippen molar-refractivity contribution in [3.8, 4) is 0 Å². The fraction of sp³-hybridized carbons (Fsp3) is 0.375. The van der Waals surface area contributed by atoms with Crippen LogP contribution in [-0.4, -0.2) is 43.8 Å². The number of rotatable bonds is 11. The van der Waals surface area contributed by atoms with Crippen LogP contribution in [0.1, 0.15) is 55.7 Å². The van der Waals surface area contributed by atoms with E-state index in [1.54, 1.807) is 49.4 Å². The molecule has 0 heterocycles. The van der Waals surface area contributed by atoms with Crippen molar-refractivity contribution in [2.75, 3.05) is 10.8 Å². The third-order valence-electron chi connectivity index (χ3n) is 7.75. The Hall–Kier alpha value is -3.43. The van der Waals surface area contributed by atoms with Gasteiger partial charge in [-0.3, -0.25) is 13.9 Å². The molecule has 1 aliphatic carbocycles. The first kappa shape index (κ1) is 31.5. The van der Waals surface area contributed by atoms with Gasteiger partial charge in [0.2, 0.25) is 11.8 Å². The molecule has 3 aromatic rings. The third kappa shape index (κ3) is 7.31. The summed E-state index contributed by atoms with van der Waals surface area (Å²) >= 11 is 6.39. The Labute approximate surface area is 252 Å². The maximum absolute atomic E-state index is 14.2. The van der Waals surface area contributed by atoms with E-state index < -0.39 is 34.3 Å². The molecule has 7 nitrogen and oxygen atoms in total. The minimum Gasteiger partial charge on any atom is -0.352 e. The van der Waals surface area contributed by atoms with Gasteiger partial charge in [0.05, 0.1) is 10.6 Å². The summed E-state index contributed by atoms with van der Waals surface area (Å²) in [7, 11) is -4.21. The number of sulfonamides is 1. The topological polar surface area (TPSA) is 86.8 Å². The summed E-state index contributed by atoms with van der Waals surface area (Å²) in [5.41, 5.74) is 2.27. The van der Waals surface area contributed by atoms with E-state index in [1.165, 1.54) is 29.2 Å². The Kier molecular flexibility index (Phi) is 10.3. The zero-order chi connectivity index (χ0) is 30.4.